The Morgan fingerprint density at radius 1 is 1.11 bits per heavy atom. The summed E-state index contributed by atoms with van der Waals surface area (Å²) in [4.78, 5) is 19.5. The molecule has 0 saturated carbocycles. The average Bonchev–Trinajstić information content (AvgIpc) is 3.32. The minimum Gasteiger partial charge on any atom is -0.497 e. The van der Waals surface area contributed by atoms with Crippen LogP contribution in [-0.4, -0.2) is 34.9 Å². The van der Waals surface area contributed by atoms with Crippen LogP contribution < -0.4 is 14.4 Å². The van der Waals surface area contributed by atoms with Crippen molar-refractivity contribution in [1.29, 1.82) is 0 Å². The second-order valence-corrected chi connectivity index (χ2v) is 6.69. The minimum atomic E-state index is -0.0366. The lowest BCUT2D eigenvalue weighted by atomic mass is 10.0. The molecular formula is C21H22N4O3. The minimum absolute atomic E-state index is 0.0366. The van der Waals surface area contributed by atoms with Crippen LogP contribution in [0.4, 0.5) is 5.69 Å². The van der Waals surface area contributed by atoms with E-state index in [2.05, 4.69) is 5.10 Å². The van der Waals surface area contributed by atoms with E-state index in [1.54, 1.807) is 30.0 Å². The van der Waals surface area contributed by atoms with Gasteiger partial charge >= 0.3 is 0 Å². The first-order valence-electron chi connectivity index (χ1n) is 9.12. The second-order valence-electron chi connectivity index (χ2n) is 6.69. The number of carbonyl (C=O) groups is 1. The third kappa shape index (κ3) is 2.98. The van der Waals surface area contributed by atoms with Crippen molar-refractivity contribution >= 4 is 11.6 Å². The van der Waals surface area contributed by atoms with Crippen LogP contribution in [-0.2, 0) is 13.1 Å². The fourth-order valence-corrected chi connectivity index (χ4v) is 3.48. The van der Waals surface area contributed by atoms with Gasteiger partial charge in [-0.3, -0.25) is 19.4 Å². The molecule has 0 saturated heterocycles. The molecule has 144 valence electrons. The van der Waals surface area contributed by atoms with E-state index in [1.165, 1.54) is 0 Å². The Balaban J connectivity index is 1.74. The average molecular weight is 378 g/mol. The van der Waals surface area contributed by atoms with Gasteiger partial charge in [0.25, 0.3) is 5.91 Å². The number of aryl methyl sites for hydroxylation is 2. The molecule has 7 nitrogen and oxygen atoms in total. The van der Waals surface area contributed by atoms with Crippen molar-refractivity contribution < 1.29 is 14.3 Å². The van der Waals surface area contributed by atoms with Crippen molar-refractivity contribution in [3.63, 3.8) is 0 Å². The van der Waals surface area contributed by atoms with Gasteiger partial charge < -0.3 is 9.47 Å². The van der Waals surface area contributed by atoms with Gasteiger partial charge in [0.15, 0.2) is 0 Å². The first kappa shape index (κ1) is 18.0. The zero-order valence-electron chi connectivity index (χ0n) is 16.4. The number of ether oxygens (including phenoxy) is 2. The van der Waals surface area contributed by atoms with Crippen molar-refractivity contribution in [2.24, 2.45) is 0 Å². The molecule has 28 heavy (non-hydrogen) atoms. The van der Waals surface area contributed by atoms with Crippen molar-refractivity contribution in [2.75, 3.05) is 19.1 Å². The van der Waals surface area contributed by atoms with Gasteiger partial charge in [-0.25, -0.2) is 0 Å². The topological polar surface area (TPSA) is 69.5 Å². The maximum atomic E-state index is 13.0. The number of aromatic nitrogens is 3. The summed E-state index contributed by atoms with van der Waals surface area (Å²) in [6, 6.07) is 7.58. The predicted octanol–water partition coefficient (Wildman–Crippen LogP) is 3.45. The largest absolute Gasteiger partial charge is 0.497 e. The smallest absolute Gasteiger partial charge is 0.260 e. The maximum absolute atomic E-state index is 13.0. The number of fused-ring (bicyclic) bond motifs is 1. The lowest BCUT2D eigenvalue weighted by Gasteiger charge is -2.12. The fourth-order valence-electron chi connectivity index (χ4n) is 3.48. The Morgan fingerprint density at radius 3 is 2.43 bits per heavy atom. The summed E-state index contributed by atoms with van der Waals surface area (Å²) in [6.07, 6.45) is 3.60. The summed E-state index contributed by atoms with van der Waals surface area (Å²) in [7, 11) is 3.24. The number of methoxy groups -OCH3 is 2. The number of benzene rings is 1. The molecule has 0 aliphatic carbocycles. The molecule has 4 rings (SSSR count). The Kier molecular flexibility index (Phi) is 4.50. The molecule has 3 heterocycles. The highest BCUT2D eigenvalue weighted by molar-refractivity contribution is 6.10. The first-order chi connectivity index (χ1) is 13.5. The first-order valence-corrected chi connectivity index (χ1v) is 9.12. The molecule has 0 fully saturated rings. The molecule has 0 spiro atoms. The highest BCUT2D eigenvalue weighted by Gasteiger charge is 2.32. The normalized spacial score (nSPS) is 13.0. The number of pyridine rings is 1. The molecule has 0 unspecified atom stereocenters. The van der Waals surface area contributed by atoms with E-state index in [-0.39, 0.29) is 5.91 Å². The summed E-state index contributed by atoms with van der Waals surface area (Å²) in [5.74, 6) is 1.35. The van der Waals surface area contributed by atoms with Crippen LogP contribution in [0.25, 0.3) is 11.3 Å². The van der Waals surface area contributed by atoms with Crippen LogP contribution in [0, 0.1) is 6.92 Å². The highest BCUT2D eigenvalue weighted by Crippen LogP contribution is 2.34. The predicted molar refractivity (Wildman–Crippen MR) is 106 cm³/mol. The van der Waals surface area contributed by atoms with Gasteiger partial charge in [-0.05, 0) is 37.6 Å². The van der Waals surface area contributed by atoms with Gasteiger partial charge in [0.2, 0.25) is 0 Å². The van der Waals surface area contributed by atoms with E-state index in [0.717, 1.165) is 34.7 Å². The molecule has 7 heteroatoms. The van der Waals surface area contributed by atoms with E-state index < -0.39 is 0 Å². The molecule has 3 aromatic rings. The van der Waals surface area contributed by atoms with E-state index in [4.69, 9.17) is 14.5 Å². The number of amides is 1. The standard InChI is InChI=1S/C21H22N4O3/c1-5-24-11-15(10-22-24)25-12-19-20(21(25)26)13(2)6-18(23-19)14-7-16(27-3)9-17(8-14)28-4/h6-11H,5,12H2,1-4H3. The van der Waals surface area contributed by atoms with Crippen molar-refractivity contribution in [3.05, 3.63) is 53.5 Å². The van der Waals surface area contributed by atoms with Gasteiger partial charge in [-0.1, -0.05) is 0 Å². The Morgan fingerprint density at radius 2 is 1.82 bits per heavy atom. The van der Waals surface area contributed by atoms with Crippen LogP contribution >= 0.6 is 0 Å². The number of hydrogen-bond acceptors (Lipinski definition) is 5. The number of carbonyl (C=O) groups excluding carboxylic acids is 1. The summed E-state index contributed by atoms with van der Waals surface area (Å²) >= 11 is 0. The van der Waals surface area contributed by atoms with Crippen LogP contribution in [0.5, 0.6) is 11.5 Å². The SMILES string of the molecule is CCn1cc(N2Cc3nc(-c4cc(OC)cc(OC)c4)cc(C)c3C2=O)cn1. The number of nitrogens with zero attached hydrogens (tertiary/aromatic N) is 4. The lowest BCUT2D eigenvalue weighted by Crippen LogP contribution is -2.22. The second kappa shape index (κ2) is 6.99. The Bertz CT molecular complexity index is 1040. The maximum Gasteiger partial charge on any atom is 0.260 e. The summed E-state index contributed by atoms with van der Waals surface area (Å²) < 4.78 is 12.5. The van der Waals surface area contributed by atoms with Crippen LogP contribution in [0.1, 0.15) is 28.5 Å². The van der Waals surface area contributed by atoms with Gasteiger partial charge in [0.05, 0.1) is 49.6 Å². The molecule has 0 N–H and O–H groups in total. The Hall–Kier alpha value is -3.35. The zero-order chi connectivity index (χ0) is 19.8. The summed E-state index contributed by atoms with van der Waals surface area (Å²) in [6.45, 7) is 5.14. The third-order valence-corrected chi connectivity index (χ3v) is 4.96. The van der Waals surface area contributed by atoms with E-state index in [0.29, 0.717) is 23.6 Å². The summed E-state index contributed by atoms with van der Waals surface area (Å²) in [5.41, 5.74) is 4.79. The number of anilines is 1. The zero-order valence-corrected chi connectivity index (χ0v) is 16.4. The molecule has 1 aliphatic rings. The molecule has 1 aliphatic heterocycles. The monoisotopic (exact) mass is 378 g/mol. The van der Waals surface area contributed by atoms with Crippen molar-refractivity contribution in [3.8, 4) is 22.8 Å². The van der Waals surface area contributed by atoms with Crippen molar-refractivity contribution in [1.82, 2.24) is 14.8 Å². The number of hydrogen-bond donors (Lipinski definition) is 0. The van der Waals surface area contributed by atoms with E-state index in [9.17, 15) is 4.79 Å². The Labute approximate surface area is 163 Å². The van der Waals surface area contributed by atoms with Crippen LogP contribution in [0.2, 0.25) is 0 Å². The third-order valence-electron chi connectivity index (χ3n) is 4.96. The van der Waals surface area contributed by atoms with Gasteiger partial charge in [0, 0.05) is 24.4 Å². The van der Waals surface area contributed by atoms with Crippen LogP contribution in [0.3, 0.4) is 0 Å². The molecule has 1 amide bonds. The molecular weight excluding hydrogens is 356 g/mol. The fraction of sp³-hybridized carbons (Fsp3) is 0.286. The van der Waals surface area contributed by atoms with Gasteiger partial charge in [-0.15, -0.1) is 0 Å². The van der Waals surface area contributed by atoms with Gasteiger partial charge in [0.1, 0.15) is 11.5 Å². The van der Waals surface area contributed by atoms with E-state index in [1.807, 2.05) is 44.3 Å². The highest BCUT2D eigenvalue weighted by atomic mass is 16.5. The molecule has 1 aromatic carbocycles. The molecule has 2 aromatic heterocycles. The van der Waals surface area contributed by atoms with Crippen LogP contribution in [0.15, 0.2) is 36.7 Å². The molecule has 0 atom stereocenters. The number of rotatable bonds is 5. The molecule has 0 bridgehead atoms. The molecule has 0 radical (unpaired) electrons. The summed E-state index contributed by atoms with van der Waals surface area (Å²) in [5, 5.41) is 4.28. The van der Waals surface area contributed by atoms with Crippen molar-refractivity contribution in [2.45, 2.75) is 26.9 Å². The van der Waals surface area contributed by atoms with Gasteiger partial charge in [-0.2, -0.15) is 5.10 Å². The van der Waals surface area contributed by atoms with E-state index >= 15 is 0 Å². The lowest BCUT2D eigenvalue weighted by molar-refractivity contribution is 0.0996. The quantitative estimate of drug-likeness (QED) is 0.680.